The molecule has 2 nitrogen and oxygen atoms in total. The van der Waals surface area contributed by atoms with Gasteiger partial charge in [-0.2, -0.15) is 0 Å². The Morgan fingerprint density at radius 1 is 1.24 bits per heavy atom. The predicted molar refractivity (Wildman–Crippen MR) is 81.6 cm³/mol. The summed E-state index contributed by atoms with van der Waals surface area (Å²) in [7, 11) is 0. The first-order valence-electron chi connectivity index (χ1n) is 6.68. The summed E-state index contributed by atoms with van der Waals surface area (Å²) in [6, 6.07) is 11.8. The van der Waals surface area contributed by atoms with Crippen LogP contribution in [0, 0.1) is 12.7 Å². The monoisotopic (exact) mass is 306 g/mol. The van der Waals surface area contributed by atoms with Gasteiger partial charge in [0.15, 0.2) is 5.78 Å². The van der Waals surface area contributed by atoms with Gasteiger partial charge in [-0.3, -0.25) is 4.79 Å². The van der Waals surface area contributed by atoms with Crippen molar-refractivity contribution in [3.05, 3.63) is 65.0 Å². The first-order chi connectivity index (χ1) is 10.1. The van der Waals surface area contributed by atoms with E-state index in [-0.39, 0.29) is 30.5 Å². The number of Topliss-reactive ketones (excluding diaryl/α,β-unsaturated/α-hetero) is 1. The minimum absolute atomic E-state index is 0.0720. The number of halogens is 2. The molecule has 0 heterocycles. The average molecular weight is 307 g/mol. The number of aryl methyl sites for hydroxylation is 1. The van der Waals surface area contributed by atoms with Gasteiger partial charge in [-0.1, -0.05) is 29.8 Å². The summed E-state index contributed by atoms with van der Waals surface area (Å²) in [6.07, 6.45) is 0.251. The van der Waals surface area contributed by atoms with E-state index in [0.29, 0.717) is 16.9 Å². The number of carbonyl (C=O) groups is 1. The molecule has 0 fully saturated rings. The van der Waals surface area contributed by atoms with Crippen LogP contribution in [0.4, 0.5) is 4.39 Å². The Labute approximate surface area is 128 Å². The van der Waals surface area contributed by atoms with Crippen LogP contribution in [0.2, 0.25) is 0 Å². The summed E-state index contributed by atoms with van der Waals surface area (Å²) in [6.45, 7) is 1.98. The lowest BCUT2D eigenvalue weighted by molar-refractivity contribution is 0.0984. The van der Waals surface area contributed by atoms with Gasteiger partial charge in [0, 0.05) is 17.9 Å². The fraction of sp³-hybridized carbons (Fsp3) is 0.235. The smallest absolute Gasteiger partial charge is 0.167 e. The molecule has 0 spiro atoms. The van der Waals surface area contributed by atoms with Gasteiger partial charge in [0.05, 0.1) is 5.56 Å². The lowest BCUT2D eigenvalue weighted by atomic mass is 10.0. The molecular weight excluding hydrogens is 291 g/mol. The molecule has 0 unspecified atom stereocenters. The number of hydrogen-bond acceptors (Lipinski definition) is 2. The molecule has 2 rings (SSSR count). The molecule has 0 aliphatic carbocycles. The second-order valence-electron chi connectivity index (χ2n) is 4.74. The fourth-order valence-electron chi connectivity index (χ4n) is 1.98. The van der Waals surface area contributed by atoms with E-state index in [4.69, 9.17) is 16.3 Å². The number of hydrogen-bond donors (Lipinski definition) is 0. The van der Waals surface area contributed by atoms with E-state index in [0.717, 1.165) is 5.56 Å². The summed E-state index contributed by atoms with van der Waals surface area (Å²) in [5, 5.41) is 0. The molecule has 2 aromatic rings. The Kier molecular flexibility index (Phi) is 5.34. The van der Waals surface area contributed by atoms with Gasteiger partial charge >= 0.3 is 0 Å². The third kappa shape index (κ3) is 4.05. The van der Waals surface area contributed by atoms with Gasteiger partial charge in [-0.15, -0.1) is 11.6 Å². The highest BCUT2D eigenvalue weighted by molar-refractivity contribution is 6.19. The molecular formula is C17H16ClFO2. The number of benzene rings is 2. The van der Waals surface area contributed by atoms with Crippen molar-refractivity contribution >= 4 is 17.4 Å². The summed E-state index contributed by atoms with van der Waals surface area (Å²) in [4.78, 5) is 12.1. The molecule has 0 aromatic heterocycles. The van der Waals surface area contributed by atoms with Crippen LogP contribution in [0.3, 0.4) is 0 Å². The molecule has 110 valence electrons. The molecule has 0 aliphatic rings. The maximum Gasteiger partial charge on any atom is 0.167 e. The van der Waals surface area contributed by atoms with E-state index in [2.05, 4.69) is 0 Å². The number of alkyl halides is 1. The molecule has 2 aromatic carbocycles. The van der Waals surface area contributed by atoms with Crippen molar-refractivity contribution in [2.75, 3.05) is 5.88 Å². The van der Waals surface area contributed by atoms with Gasteiger partial charge in [-0.05, 0) is 25.1 Å². The Bertz CT molecular complexity index is 640. The summed E-state index contributed by atoms with van der Waals surface area (Å²) >= 11 is 5.62. The SMILES string of the molecule is Cc1ccc(OCc2ccccc2F)c(C(=O)CCCl)c1. The number of rotatable bonds is 6. The standard InChI is InChI=1S/C17H16ClFO2/c1-12-6-7-17(14(10-12)16(20)8-9-18)21-11-13-4-2-3-5-15(13)19/h2-7,10H,8-9,11H2,1H3. The number of ketones is 1. The summed E-state index contributed by atoms with van der Waals surface area (Å²) in [5.41, 5.74) is 1.91. The zero-order valence-corrected chi connectivity index (χ0v) is 12.5. The zero-order chi connectivity index (χ0) is 15.2. The highest BCUT2D eigenvalue weighted by Crippen LogP contribution is 2.23. The maximum absolute atomic E-state index is 13.6. The van der Waals surface area contributed by atoms with Gasteiger partial charge in [0.2, 0.25) is 0 Å². The van der Waals surface area contributed by atoms with E-state index in [1.807, 2.05) is 13.0 Å². The molecule has 21 heavy (non-hydrogen) atoms. The third-order valence-corrected chi connectivity index (χ3v) is 3.29. The fourth-order valence-corrected chi connectivity index (χ4v) is 2.15. The van der Waals surface area contributed by atoms with Crippen molar-refractivity contribution in [2.24, 2.45) is 0 Å². The first-order valence-corrected chi connectivity index (χ1v) is 7.21. The zero-order valence-electron chi connectivity index (χ0n) is 11.7. The Morgan fingerprint density at radius 2 is 2.00 bits per heavy atom. The second-order valence-corrected chi connectivity index (χ2v) is 5.12. The normalized spacial score (nSPS) is 10.4. The van der Waals surface area contributed by atoms with Gasteiger partial charge < -0.3 is 4.74 Å². The second kappa shape index (κ2) is 7.23. The van der Waals surface area contributed by atoms with Gasteiger partial charge in [-0.25, -0.2) is 4.39 Å². The highest BCUT2D eigenvalue weighted by Gasteiger charge is 2.13. The molecule has 0 amide bonds. The molecule has 0 aliphatic heterocycles. The number of ether oxygens (including phenoxy) is 1. The molecule has 0 atom stereocenters. The Morgan fingerprint density at radius 3 is 2.71 bits per heavy atom. The molecule has 0 saturated heterocycles. The maximum atomic E-state index is 13.6. The van der Waals surface area contributed by atoms with Gasteiger partial charge in [0.1, 0.15) is 18.2 Å². The van der Waals surface area contributed by atoms with Crippen LogP contribution >= 0.6 is 11.6 Å². The van der Waals surface area contributed by atoms with Crippen LogP contribution < -0.4 is 4.74 Å². The van der Waals surface area contributed by atoms with Crippen molar-refractivity contribution in [1.82, 2.24) is 0 Å². The van der Waals surface area contributed by atoms with Crippen LogP contribution in [-0.4, -0.2) is 11.7 Å². The number of carbonyl (C=O) groups excluding carboxylic acids is 1. The van der Waals surface area contributed by atoms with Crippen molar-refractivity contribution < 1.29 is 13.9 Å². The van der Waals surface area contributed by atoms with Crippen LogP contribution in [-0.2, 0) is 6.61 Å². The van der Waals surface area contributed by atoms with E-state index in [1.165, 1.54) is 6.07 Å². The van der Waals surface area contributed by atoms with Crippen molar-refractivity contribution in [3.63, 3.8) is 0 Å². The van der Waals surface area contributed by atoms with Crippen molar-refractivity contribution in [3.8, 4) is 5.75 Å². The molecule has 0 saturated carbocycles. The van der Waals surface area contributed by atoms with Crippen LogP contribution in [0.1, 0.15) is 27.9 Å². The lowest BCUT2D eigenvalue weighted by Crippen LogP contribution is -2.06. The quantitative estimate of drug-likeness (QED) is 0.579. The third-order valence-electron chi connectivity index (χ3n) is 3.10. The van der Waals surface area contributed by atoms with Crippen molar-refractivity contribution in [1.29, 1.82) is 0 Å². The van der Waals surface area contributed by atoms with Gasteiger partial charge in [0.25, 0.3) is 0 Å². The Hall–Kier alpha value is -1.87. The highest BCUT2D eigenvalue weighted by atomic mass is 35.5. The summed E-state index contributed by atoms with van der Waals surface area (Å²) in [5.74, 6) is 0.328. The molecule has 0 N–H and O–H groups in total. The van der Waals surface area contributed by atoms with Crippen molar-refractivity contribution in [2.45, 2.75) is 20.0 Å². The molecule has 0 bridgehead atoms. The van der Waals surface area contributed by atoms with E-state index >= 15 is 0 Å². The topological polar surface area (TPSA) is 26.3 Å². The van der Waals surface area contributed by atoms with Crippen LogP contribution in [0.25, 0.3) is 0 Å². The van der Waals surface area contributed by atoms with Crippen LogP contribution in [0.5, 0.6) is 5.75 Å². The van der Waals surface area contributed by atoms with E-state index < -0.39 is 0 Å². The Balaban J connectivity index is 2.20. The minimum Gasteiger partial charge on any atom is -0.488 e. The van der Waals surface area contributed by atoms with E-state index in [1.54, 1.807) is 30.3 Å². The minimum atomic E-state index is -0.321. The first kappa shape index (κ1) is 15.5. The lowest BCUT2D eigenvalue weighted by Gasteiger charge is -2.12. The van der Waals surface area contributed by atoms with E-state index in [9.17, 15) is 9.18 Å². The average Bonchev–Trinajstić information content (AvgIpc) is 2.47. The van der Waals surface area contributed by atoms with Crippen LogP contribution in [0.15, 0.2) is 42.5 Å². The molecule has 4 heteroatoms. The molecule has 0 radical (unpaired) electrons. The predicted octanol–water partition coefficient (Wildman–Crippen LogP) is 4.52. The largest absolute Gasteiger partial charge is 0.488 e. The summed E-state index contributed by atoms with van der Waals surface area (Å²) < 4.78 is 19.2.